The number of primary sulfonamides is 1. The molecule has 1 atom stereocenters. The molecule has 0 aliphatic carbocycles. The fourth-order valence-corrected chi connectivity index (χ4v) is 4.06. The minimum atomic E-state index is -3.85. The molecule has 0 unspecified atom stereocenters. The maximum Gasteiger partial charge on any atom is 0.241 e. The van der Waals surface area contributed by atoms with Gasteiger partial charge in [0, 0.05) is 11.1 Å². The zero-order chi connectivity index (χ0) is 17.3. The molecule has 9 heteroatoms. The number of hydrogen-bond acceptors (Lipinski definition) is 4. The molecule has 0 saturated carbocycles. The second-order valence-electron chi connectivity index (χ2n) is 4.92. The maximum absolute atomic E-state index is 12.3. The van der Waals surface area contributed by atoms with Crippen molar-refractivity contribution >= 4 is 31.6 Å². The number of nitrogens with two attached hydrogens (primary N) is 1. The zero-order valence-electron chi connectivity index (χ0n) is 12.1. The lowest BCUT2D eigenvalue weighted by molar-refractivity contribution is 0.566. The van der Waals surface area contributed by atoms with Gasteiger partial charge < -0.3 is 0 Å². The van der Waals surface area contributed by atoms with E-state index in [4.69, 9.17) is 16.7 Å². The molecule has 0 fully saturated rings. The highest BCUT2D eigenvalue weighted by Crippen LogP contribution is 2.21. The van der Waals surface area contributed by atoms with Crippen molar-refractivity contribution in [3.63, 3.8) is 0 Å². The van der Waals surface area contributed by atoms with Gasteiger partial charge in [-0.15, -0.1) is 0 Å². The van der Waals surface area contributed by atoms with Crippen LogP contribution in [-0.4, -0.2) is 16.8 Å². The fourth-order valence-electron chi connectivity index (χ4n) is 1.96. The number of rotatable bonds is 5. The Balaban J connectivity index is 2.30. The van der Waals surface area contributed by atoms with E-state index in [0.717, 1.165) is 0 Å². The van der Waals surface area contributed by atoms with Crippen molar-refractivity contribution in [3.05, 3.63) is 59.1 Å². The molecule has 0 saturated heterocycles. The van der Waals surface area contributed by atoms with Crippen molar-refractivity contribution in [2.75, 3.05) is 0 Å². The Morgan fingerprint density at radius 1 is 1.00 bits per heavy atom. The molecular formula is C14H15ClN2O4S2. The van der Waals surface area contributed by atoms with Crippen LogP contribution in [-0.2, 0) is 20.0 Å². The van der Waals surface area contributed by atoms with E-state index in [2.05, 4.69) is 4.72 Å². The molecule has 3 N–H and O–H groups in total. The zero-order valence-corrected chi connectivity index (χ0v) is 14.5. The van der Waals surface area contributed by atoms with E-state index < -0.39 is 26.1 Å². The summed E-state index contributed by atoms with van der Waals surface area (Å²) in [5.74, 6) is 0. The molecular weight excluding hydrogens is 360 g/mol. The molecule has 0 aliphatic rings. The van der Waals surface area contributed by atoms with Crippen LogP contribution in [0.5, 0.6) is 0 Å². The van der Waals surface area contributed by atoms with Gasteiger partial charge in [-0.2, -0.15) is 0 Å². The summed E-state index contributed by atoms with van der Waals surface area (Å²) in [6.07, 6.45) is 0. The summed E-state index contributed by atoms with van der Waals surface area (Å²) in [5.41, 5.74) is 0.474. The van der Waals surface area contributed by atoms with Gasteiger partial charge in [0.25, 0.3) is 0 Å². The van der Waals surface area contributed by atoms with Gasteiger partial charge in [-0.05, 0) is 42.8 Å². The number of benzene rings is 2. The molecule has 6 nitrogen and oxygen atoms in total. The Hall–Kier alpha value is -1.45. The van der Waals surface area contributed by atoms with Crippen molar-refractivity contribution in [1.82, 2.24) is 4.72 Å². The summed E-state index contributed by atoms with van der Waals surface area (Å²) in [7, 11) is -7.65. The third-order valence-corrected chi connectivity index (χ3v) is 5.81. The van der Waals surface area contributed by atoms with Crippen LogP contribution >= 0.6 is 11.6 Å². The molecule has 2 aromatic carbocycles. The third kappa shape index (κ3) is 4.52. The number of sulfonamides is 2. The molecule has 0 radical (unpaired) electrons. The van der Waals surface area contributed by atoms with Crippen LogP contribution in [0.3, 0.4) is 0 Å². The van der Waals surface area contributed by atoms with Crippen molar-refractivity contribution in [3.8, 4) is 0 Å². The summed E-state index contributed by atoms with van der Waals surface area (Å²) in [5, 5.41) is 5.38. The van der Waals surface area contributed by atoms with Crippen LogP contribution in [0.15, 0.2) is 58.3 Å². The lowest BCUT2D eigenvalue weighted by Crippen LogP contribution is -2.27. The first-order chi connectivity index (χ1) is 10.6. The Morgan fingerprint density at radius 2 is 1.61 bits per heavy atom. The highest BCUT2D eigenvalue weighted by atomic mass is 35.5. The molecule has 0 aromatic heterocycles. The summed E-state index contributed by atoms with van der Waals surface area (Å²) >= 11 is 5.80. The van der Waals surface area contributed by atoms with Crippen LogP contribution in [0.4, 0.5) is 0 Å². The number of nitrogens with one attached hydrogen (secondary N) is 1. The Kier molecular flexibility index (Phi) is 5.12. The minimum absolute atomic E-state index is 0.0273. The van der Waals surface area contributed by atoms with Crippen LogP contribution < -0.4 is 9.86 Å². The molecule has 0 spiro atoms. The largest absolute Gasteiger partial charge is 0.241 e. The van der Waals surface area contributed by atoms with E-state index in [1.165, 1.54) is 36.4 Å². The van der Waals surface area contributed by atoms with E-state index >= 15 is 0 Å². The van der Waals surface area contributed by atoms with Gasteiger partial charge in [-0.1, -0.05) is 29.8 Å². The van der Waals surface area contributed by atoms with Gasteiger partial charge in [-0.3, -0.25) is 0 Å². The van der Waals surface area contributed by atoms with Crippen LogP contribution in [0.2, 0.25) is 5.02 Å². The van der Waals surface area contributed by atoms with E-state index in [1.807, 2.05) is 0 Å². The maximum atomic E-state index is 12.3. The van der Waals surface area contributed by atoms with E-state index in [1.54, 1.807) is 19.1 Å². The predicted molar refractivity (Wildman–Crippen MR) is 88.0 cm³/mol. The van der Waals surface area contributed by atoms with E-state index in [9.17, 15) is 16.8 Å². The molecule has 0 aliphatic heterocycles. The van der Waals surface area contributed by atoms with Gasteiger partial charge in [0.2, 0.25) is 20.0 Å². The predicted octanol–water partition coefficient (Wildman–Crippen LogP) is 2.03. The van der Waals surface area contributed by atoms with Gasteiger partial charge in [0.15, 0.2) is 0 Å². The van der Waals surface area contributed by atoms with Crippen molar-refractivity contribution in [2.24, 2.45) is 5.14 Å². The molecule has 2 rings (SSSR count). The number of halogens is 1. The lowest BCUT2D eigenvalue weighted by Gasteiger charge is -2.15. The Bertz CT molecular complexity index is 927. The van der Waals surface area contributed by atoms with Crippen LogP contribution in [0.25, 0.3) is 0 Å². The standard InChI is InChI=1S/C14H15ClN2O4S2/c1-10(11-4-2-6-13(8-11)22(16,18)19)17-23(20,21)14-7-3-5-12(15)9-14/h2-10,17H,1H3,(H2,16,18,19)/t10-/m0/s1. The van der Waals surface area contributed by atoms with Crippen molar-refractivity contribution < 1.29 is 16.8 Å². The minimum Gasteiger partial charge on any atom is -0.225 e. The molecule has 0 heterocycles. The van der Waals surface area contributed by atoms with Crippen molar-refractivity contribution in [2.45, 2.75) is 22.8 Å². The van der Waals surface area contributed by atoms with Crippen LogP contribution in [0, 0.1) is 0 Å². The number of hydrogen-bond donors (Lipinski definition) is 2. The molecule has 23 heavy (non-hydrogen) atoms. The SMILES string of the molecule is C[C@H](NS(=O)(=O)c1cccc(Cl)c1)c1cccc(S(N)(=O)=O)c1. The average molecular weight is 375 g/mol. The van der Waals surface area contributed by atoms with Crippen LogP contribution in [0.1, 0.15) is 18.5 Å². The highest BCUT2D eigenvalue weighted by Gasteiger charge is 2.19. The smallest absolute Gasteiger partial charge is 0.225 e. The second-order valence-corrected chi connectivity index (χ2v) is 8.63. The quantitative estimate of drug-likeness (QED) is 0.834. The molecule has 2 aromatic rings. The highest BCUT2D eigenvalue weighted by molar-refractivity contribution is 7.89. The van der Waals surface area contributed by atoms with E-state index in [0.29, 0.717) is 10.6 Å². The summed E-state index contributed by atoms with van der Waals surface area (Å²) in [6, 6.07) is 11.0. The summed E-state index contributed by atoms with van der Waals surface area (Å²) in [4.78, 5) is -0.0525. The molecule has 0 bridgehead atoms. The van der Waals surface area contributed by atoms with Gasteiger partial charge in [0.05, 0.1) is 9.79 Å². The first-order valence-electron chi connectivity index (χ1n) is 6.50. The Morgan fingerprint density at radius 3 is 2.22 bits per heavy atom. The van der Waals surface area contributed by atoms with E-state index in [-0.39, 0.29) is 9.79 Å². The van der Waals surface area contributed by atoms with Gasteiger partial charge in [0.1, 0.15) is 0 Å². The average Bonchev–Trinajstić information content (AvgIpc) is 2.46. The summed E-state index contributed by atoms with van der Waals surface area (Å²) < 4.78 is 49.9. The topological polar surface area (TPSA) is 106 Å². The first-order valence-corrected chi connectivity index (χ1v) is 9.91. The molecule has 0 amide bonds. The second kappa shape index (κ2) is 6.58. The van der Waals surface area contributed by atoms with Gasteiger partial charge >= 0.3 is 0 Å². The Labute approximate surface area is 140 Å². The lowest BCUT2D eigenvalue weighted by atomic mass is 10.1. The van der Waals surface area contributed by atoms with Gasteiger partial charge in [-0.25, -0.2) is 26.7 Å². The van der Waals surface area contributed by atoms with Crippen molar-refractivity contribution in [1.29, 1.82) is 0 Å². The fraction of sp³-hybridized carbons (Fsp3) is 0.143. The summed E-state index contributed by atoms with van der Waals surface area (Å²) in [6.45, 7) is 1.60. The normalized spacial score (nSPS) is 13.7. The first kappa shape index (κ1) is 17.9. The third-order valence-electron chi connectivity index (χ3n) is 3.12. The molecule has 124 valence electrons. The monoisotopic (exact) mass is 374 g/mol.